The first-order chi connectivity index (χ1) is 9.22. The van der Waals surface area contributed by atoms with Crippen molar-refractivity contribution in [3.05, 3.63) is 52.0 Å². The molecule has 0 saturated heterocycles. The molecule has 1 unspecified atom stereocenters. The van der Waals surface area contributed by atoms with E-state index in [0.717, 1.165) is 23.5 Å². The molecule has 0 aliphatic carbocycles. The summed E-state index contributed by atoms with van der Waals surface area (Å²) in [7, 11) is 0. The molecular formula is C14H16F2N2S. The fourth-order valence-corrected chi connectivity index (χ4v) is 2.59. The van der Waals surface area contributed by atoms with Gasteiger partial charge >= 0.3 is 0 Å². The lowest BCUT2D eigenvalue weighted by molar-refractivity contribution is 0.151. The lowest BCUT2D eigenvalue weighted by Gasteiger charge is -2.17. The maximum atomic E-state index is 12.5. The second-order valence-electron chi connectivity index (χ2n) is 4.22. The van der Waals surface area contributed by atoms with Crippen LogP contribution in [0.2, 0.25) is 0 Å². The Morgan fingerprint density at radius 3 is 2.42 bits per heavy atom. The molecule has 0 saturated carbocycles. The molecular weight excluding hydrogens is 266 g/mol. The minimum atomic E-state index is -2.42. The van der Waals surface area contributed by atoms with E-state index in [0.29, 0.717) is 0 Å². The van der Waals surface area contributed by atoms with Crippen molar-refractivity contribution < 1.29 is 8.78 Å². The van der Waals surface area contributed by atoms with Crippen molar-refractivity contribution in [2.24, 2.45) is 0 Å². The molecule has 1 N–H and O–H groups in total. The van der Waals surface area contributed by atoms with Crippen LogP contribution in [-0.4, -0.2) is 11.5 Å². The topological polar surface area (TPSA) is 24.9 Å². The Bertz CT molecular complexity index is 483. The second-order valence-corrected chi connectivity index (χ2v) is 5.15. The molecule has 0 spiro atoms. The number of hydrogen-bond acceptors (Lipinski definition) is 3. The molecule has 1 aromatic carbocycles. The number of halogens is 2. The van der Waals surface area contributed by atoms with Crippen LogP contribution in [0.4, 0.5) is 8.78 Å². The van der Waals surface area contributed by atoms with Gasteiger partial charge in [-0.2, -0.15) is 0 Å². The van der Waals surface area contributed by atoms with Crippen LogP contribution < -0.4 is 5.32 Å². The fraction of sp³-hybridized carbons (Fsp3) is 0.357. The summed E-state index contributed by atoms with van der Waals surface area (Å²) in [6.45, 7) is 2.95. The normalized spacial score (nSPS) is 12.8. The lowest BCUT2D eigenvalue weighted by Crippen LogP contribution is -2.23. The lowest BCUT2D eigenvalue weighted by atomic mass is 10.1. The van der Waals surface area contributed by atoms with Gasteiger partial charge in [0, 0.05) is 17.1 Å². The van der Waals surface area contributed by atoms with E-state index in [4.69, 9.17) is 0 Å². The van der Waals surface area contributed by atoms with Crippen LogP contribution in [-0.2, 0) is 0 Å². The van der Waals surface area contributed by atoms with Gasteiger partial charge in [0.1, 0.15) is 5.01 Å². The van der Waals surface area contributed by atoms with Crippen LogP contribution in [0.15, 0.2) is 35.8 Å². The van der Waals surface area contributed by atoms with Crippen LogP contribution in [0.25, 0.3) is 0 Å². The zero-order valence-electron chi connectivity index (χ0n) is 10.6. The van der Waals surface area contributed by atoms with Crippen molar-refractivity contribution >= 4 is 11.3 Å². The third-order valence-corrected chi connectivity index (χ3v) is 3.66. The molecule has 1 heterocycles. The molecule has 0 bridgehead atoms. The van der Waals surface area contributed by atoms with Crippen LogP contribution >= 0.6 is 11.3 Å². The summed E-state index contributed by atoms with van der Waals surface area (Å²) in [5, 5.41) is 6.27. The first-order valence-corrected chi connectivity index (χ1v) is 7.11. The van der Waals surface area contributed by atoms with Gasteiger partial charge in [-0.1, -0.05) is 31.2 Å². The van der Waals surface area contributed by atoms with Gasteiger partial charge in [0.2, 0.25) is 0 Å². The molecule has 0 aliphatic rings. The highest BCUT2D eigenvalue weighted by molar-refractivity contribution is 7.09. The summed E-state index contributed by atoms with van der Waals surface area (Å²) in [5.41, 5.74) is 1.02. The Morgan fingerprint density at radius 2 is 1.89 bits per heavy atom. The molecule has 1 aromatic heterocycles. The molecule has 0 radical (unpaired) electrons. The molecule has 2 rings (SSSR count). The van der Waals surface area contributed by atoms with E-state index in [2.05, 4.69) is 17.2 Å². The van der Waals surface area contributed by atoms with Crippen LogP contribution in [0.5, 0.6) is 0 Å². The van der Waals surface area contributed by atoms with Gasteiger partial charge in [0.05, 0.1) is 6.04 Å². The highest BCUT2D eigenvalue weighted by Crippen LogP contribution is 2.26. The number of nitrogens with one attached hydrogen (secondary N) is 1. The molecule has 2 aromatic rings. The average Bonchev–Trinajstić information content (AvgIpc) is 2.94. The molecule has 102 valence electrons. The van der Waals surface area contributed by atoms with Gasteiger partial charge in [-0.15, -0.1) is 11.3 Å². The third kappa shape index (κ3) is 3.58. The number of alkyl halides is 2. The molecule has 5 heteroatoms. The number of aromatic nitrogens is 1. The van der Waals surface area contributed by atoms with Crippen molar-refractivity contribution in [2.75, 3.05) is 6.54 Å². The van der Waals surface area contributed by atoms with Gasteiger partial charge in [0.25, 0.3) is 6.43 Å². The van der Waals surface area contributed by atoms with Gasteiger partial charge in [-0.05, 0) is 18.5 Å². The molecule has 19 heavy (non-hydrogen) atoms. The molecule has 2 nitrogen and oxygen atoms in total. The monoisotopic (exact) mass is 282 g/mol. The first-order valence-electron chi connectivity index (χ1n) is 6.23. The van der Waals surface area contributed by atoms with E-state index >= 15 is 0 Å². The SMILES string of the molecule is CCCNC(c1ccc(C(F)F)cc1)c1nccs1. The Morgan fingerprint density at radius 1 is 1.21 bits per heavy atom. The number of benzene rings is 1. The number of hydrogen-bond donors (Lipinski definition) is 1. The third-order valence-electron chi connectivity index (χ3n) is 2.82. The summed E-state index contributed by atoms with van der Waals surface area (Å²) in [6.07, 6.45) is 0.349. The average molecular weight is 282 g/mol. The van der Waals surface area contributed by atoms with E-state index in [9.17, 15) is 8.78 Å². The zero-order chi connectivity index (χ0) is 13.7. The van der Waals surface area contributed by atoms with Gasteiger partial charge < -0.3 is 5.32 Å². The summed E-state index contributed by atoms with van der Waals surface area (Å²) in [5.74, 6) is 0. The van der Waals surface area contributed by atoms with E-state index in [1.54, 1.807) is 29.7 Å². The van der Waals surface area contributed by atoms with Crippen LogP contribution in [0.3, 0.4) is 0 Å². The summed E-state index contributed by atoms with van der Waals surface area (Å²) < 4.78 is 25.1. The van der Waals surface area contributed by atoms with Crippen molar-refractivity contribution in [3.63, 3.8) is 0 Å². The highest BCUT2D eigenvalue weighted by atomic mass is 32.1. The Kier molecular flexibility index (Phi) is 4.99. The van der Waals surface area contributed by atoms with E-state index in [1.165, 1.54) is 12.1 Å². The largest absolute Gasteiger partial charge is 0.304 e. The van der Waals surface area contributed by atoms with Crippen LogP contribution in [0, 0.1) is 0 Å². The van der Waals surface area contributed by atoms with Crippen LogP contribution in [0.1, 0.15) is 41.9 Å². The highest BCUT2D eigenvalue weighted by Gasteiger charge is 2.16. The number of rotatable bonds is 6. The molecule has 0 fully saturated rings. The zero-order valence-corrected chi connectivity index (χ0v) is 11.5. The fourth-order valence-electron chi connectivity index (χ4n) is 1.85. The van der Waals surface area contributed by atoms with Crippen molar-refractivity contribution in [1.29, 1.82) is 0 Å². The first kappa shape index (κ1) is 14.1. The smallest absolute Gasteiger partial charge is 0.263 e. The minimum Gasteiger partial charge on any atom is -0.304 e. The summed E-state index contributed by atoms with van der Waals surface area (Å²) >= 11 is 1.57. The predicted octanol–water partition coefficient (Wildman–Crippen LogP) is 4.17. The van der Waals surface area contributed by atoms with E-state index in [1.807, 2.05) is 5.38 Å². The number of nitrogens with zero attached hydrogens (tertiary/aromatic N) is 1. The van der Waals surface area contributed by atoms with E-state index < -0.39 is 6.43 Å². The molecule has 1 atom stereocenters. The van der Waals surface area contributed by atoms with Crippen molar-refractivity contribution in [2.45, 2.75) is 25.8 Å². The van der Waals surface area contributed by atoms with E-state index in [-0.39, 0.29) is 11.6 Å². The second kappa shape index (κ2) is 6.73. The Labute approximate surface area is 115 Å². The van der Waals surface area contributed by atoms with Gasteiger partial charge in [-0.25, -0.2) is 13.8 Å². The number of thiazole rings is 1. The quantitative estimate of drug-likeness (QED) is 0.860. The maximum absolute atomic E-state index is 12.5. The Balaban J connectivity index is 2.22. The molecule has 0 amide bonds. The van der Waals surface area contributed by atoms with Gasteiger partial charge in [0.15, 0.2) is 0 Å². The predicted molar refractivity (Wildman–Crippen MR) is 73.6 cm³/mol. The Hall–Kier alpha value is -1.33. The van der Waals surface area contributed by atoms with Crippen molar-refractivity contribution in [1.82, 2.24) is 10.3 Å². The minimum absolute atomic E-state index is 0.0216. The molecule has 0 aliphatic heterocycles. The summed E-state index contributed by atoms with van der Waals surface area (Å²) in [4.78, 5) is 4.31. The summed E-state index contributed by atoms with van der Waals surface area (Å²) in [6, 6.07) is 6.43. The van der Waals surface area contributed by atoms with Gasteiger partial charge in [-0.3, -0.25) is 0 Å². The van der Waals surface area contributed by atoms with Crippen molar-refractivity contribution in [3.8, 4) is 0 Å². The maximum Gasteiger partial charge on any atom is 0.263 e. The standard InChI is InChI=1S/C14H16F2N2S/c1-2-7-17-12(14-18-8-9-19-14)10-3-5-11(6-4-10)13(15)16/h3-6,8-9,12-13,17H,2,7H2,1H3.